The molecule has 0 saturated carbocycles. The molecule has 2 aromatic carbocycles. The predicted molar refractivity (Wildman–Crippen MR) is 88.2 cm³/mol. The summed E-state index contributed by atoms with van der Waals surface area (Å²) in [5.41, 5.74) is 0.148. The monoisotopic (exact) mass is 463 g/mol. The third-order valence-electron chi connectivity index (χ3n) is 2.64. The molecule has 0 radical (unpaired) electrons. The van der Waals surface area contributed by atoms with Crippen molar-refractivity contribution in [3.63, 3.8) is 0 Å². The van der Waals surface area contributed by atoms with Gasteiger partial charge in [-0.1, -0.05) is 15.9 Å². The molecule has 0 bridgehead atoms. The molecule has 4 nitrogen and oxygen atoms in total. The fourth-order valence-electron chi connectivity index (χ4n) is 1.61. The predicted octanol–water partition coefficient (Wildman–Crippen LogP) is 4.14. The highest BCUT2D eigenvalue weighted by atomic mass is 127. The van der Waals surface area contributed by atoms with Crippen molar-refractivity contribution >= 4 is 56.1 Å². The van der Waals surface area contributed by atoms with E-state index >= 15 is 0 Å². The van der Waals surface area contributed by atoms with Crippen molar-refractivity contribution < 1.29 is 19.1 Å². The number of carbonyl (C=O) groups excluding carboxylic acids is 1. The number of amides is 1. The Morgan fingerprint density at radius 3 is 2.52 bits per heavy atom. The minimum atomic E-state index is -1.23. The van der Waals surface area contributed by atoms with E-state index in [1.807, 2.05) is 22.6 Å². The number of hydrogen-bond donors (Lipinski definition) is 2. The van der Waals surface area contributed by atoms with Crippen LogP contribution in [0.5, 0.6) is 0 Å². The fourth-order valence-corrected chi connectivity index (χ4v) is 2.55. The Bertz CT molecular complexity index is 736. The van der Waals surface area contributed by atoms with E-state index < -0.39 is 17.7 Å². The molecule has 0 heterocycles. The van der Waals surface area contributed by atoms with Crippen molar-refractivity contribution in [2.75, 3.05) is 5.32 Å². The average Bonchev–Trinajstić information content (AvgIpc) is 2.43. The molecule has 2 aromatic rings. The molecule has 0 aliphatic carbocycles. The molecule has 0 fully saturated rings. The van der Waals surface area contributed by atoms with Crippen molar-refractivity contribution in [3.05, 3.63) is 61.4 Å². The van der Waals surface area contributed by atoms with E-state index in [0.717, 1.165) is 14.1 Å². The maximum absolute atomic E-state index is 13.8. The van der Waals surface area contributed by atoms with E-state index in [1.165, 1.54) is 12.1 Å². The van der Waals surface area contributed by atoms with Gasteiger partial charge in [0.05, 0.1) is 16.8 Å². The summed E-state index contributed by atoms with van der Waals surface area (Å²) in [6.45, 7) is 0. The van der Waals surface area contributed by atoms with Gasteiger partial charge in [0.25, 0.3) is 5.91 Å². The Balaban J connectivity index is 2.27. The van der Waals surface area contributed by atoms with Gasteiger partial charge in [0.1, 0.15) is 5.82 Å². The summed E-state index contributed by atoms with van der Waals surface area (Å²) in [4.78, 5) is 22.9. The van der Waals surface area contributed by atoms with Crippen LogP contribution in [0.25, 0.3) is 0 Å². The lowest BCUT2D eigenvalue weighted by Crippen LogP contribution is -2.14. The molecule has 0 aliphatic heterocycles. The number of anilines is 1. The van der Waals surface area contributed by atoms with Gasteiger partial charge in [-0.25, -0.2) is 9.18 Å². The third kappa shape index (κ3) is 3.79. The molecular formula is C14H8BrFINO3. The van der Waals surface area contributed by atoms with Crippen molar-refractivity contribution in [2.45, 2.75) is 0 Å². The summed E-state index contributed by atoms with van der Waals surface area (Å²) in [7, 11) is 0. The number of nitrogens with one attached hydrogen (secondary N) is 1. The van der Waals surface area contributed by atoms with Gasteiger partial charge in [-0.05, 0) is 59.0 Å². The van der Waals surface area contributed by atoms with Gasteiger partial charge in [0.2, 0.25) is 0 Å². The Morgan fingerprint density at radius 1 is 1.19 bits per heavy atom. The summed E-state index contributed by atoms with van der Waals surface area (Å²) in [6, 6.07) is 8.49. The van der Waals surface area contributed by atoms with Gasteiger partial charge in [0, 0.05) is 8.04 Å². The average molecular weight is 464 g/mol. The van der Waals surface area contributed by atoms with E-state index in [9.17, 15) is 14.0 Å². The standard InChI is InChI=1S/C14H8BrFINO3/c15-8-2-3-11(17)9(6-8)13(19)18-12-4-1-7(14(20)21)5-10(12)16/h1-6H,(H,18,19)(H,20,21). The van der Waals surface area contributed by atoms with Gasteiger partial charge in [-0.2, -0.15) is 0 Å². The lowest BCUT2D eigenvalue weighted by Gasteiger charge is -2.09. The van der Waals surface area contributed by atoms with E-state index in [4.69, 9.17) is 5.11 Å². The molecule has 0 atom stereocenters. The molecule has 0 saturated heterocycles. The summed E-state index contributed by atoms with van der Waals surface area (Å²) in [5.74, 6) is -2.50. The Kier molecular flexibility index (Phi) is 4.94. The second kappa shape index (κ2) is 6.52. The van der Waals surface area contributed by atoms with Gasteiger partial charge >= 0.3 is 5.97 Å². The van der Waals surface area contributed by atoms with Crippen LogP contribution in [0.3, 0.4) is 0 Å². The van der Waals surface area contributed by atoms with Crippen molar-refractivity contribution in [1.82, 2.24) is 0 Å². The summed E-state index contributed by atoms with van der Waals surface area (Å²) < 4.78 is 15.2. The molecule has 0 aliphatic rings. The minimum Gasteiger partial charge on any atom is -0.478 e. The fraction of sp³-hybridized carbons (Fsp3) is 0. The summed E-state index contributed by atoms with van der Waals surface area (Å²) >= 11 is 5.27. The van der Waals surface area contributed by atoms with Gasteiger partial charge in [-0.3, -0.25) is 4.79 Å². The zero-order valence-electron chi connectivity index (χ0n) is 10.4. The molecule has 2 rings (SSSR count). The highest BCUT2D eigenvalue weighted by Crippen LogP contribution is 2.21. The number of carboxylic acids is 1. The molecule has 0 spiro atoms. The maximum Gasteiger partial charge on any atom is 0.335 e. The molecular weight excluding hydrogens is 456 g/mol. The van der Waals surface area contributed by atoms with Crippen molar-refractivity contribution in [2.24, 2.45) is 0 Å². The Labute approximate surface area is 141 Å². The normalized spacial score (nSPS) is 10.2. The second-order valence-corrected chi connectivity index (χ2v) is 6.16. The SMILES string of the molecule is O=C(O)c1ccc(NC(=O)c2cc(Br)ccc2I)c(F)c1. The lowest BCUT2D eigenvalue weighted by molar-refractivity contribution is 0.0696. The van der Waals surface area contributed by atoms with Crippen LogP contribution >= 0.6 is 38.5 Å². The van der Waals surface area contributed by atoms with E-state index in [0.29, 0.717) is 5.56 Å². The molecule has 2 N–H and O–H groups in total. The van der Waals surface area contributed by atoms with Gasteiger partial charge in [-0.15, -0.1) is 0 Å². The van der Waals surface area contributed by atoms with Gasteiger partial charge < -0.3 is 10.4 Å². The van der Waals surface area contributed by atoms with Crippen molar-refractivity contribution in [3.8, 4) is 0 Å². The van der Waals surface area contributed by atoms with Crippen LogP contribution in [-0.2, 0) is 0 Å². The smallest absolute Gasteiger partial charge is 0.335 e. The zero-order chi connectivity index (χ0) is 15.6. The van der Waals surface area contributed by atoms with Crippen LogP contribution in [0, 0.1) is 9.39 Å². The van der Waals surface area contributed by atoms with E-state index in [1.54, 1.807) is 18.2 Å². The first-order chi connectivity index (χ1) is 9.88. The molecule has 108 valence electrons. The zero-order valence-corrected chi connectivity index (χ0v) is 14.1. The van der Waals surface area contributed by atoms with E-state index in [2.05, 4.69) is 21.2 Å². The number of hydrogen-bond acceptors (Lipinski definition) is 2. The largest absolute Gasteiger partial charge is 0.478 e. The second-order valence-electron chi connectivity index (χ2n) is 4.08. The van der Waals surface area contributed by atoms with Crippen LogP contribution in [0.4, 0.5) is 10.1 Å². The number of aromatic carboxylic acids is 1. The molecule has 7 heteroatoms. The quantitative estimate of drug-likeness (QED) is 0.672. The Hall–Kier alpha value is -1.48. The highest BCUT2D eigenvalue weighted by molar-refractivity contribution is 14.1. The van der Waals surface area contributed by atoms with Gasteiger partial charge in [0.15, 0.2) is 0 Å². The van der Waals surface area contributed by atoms with Crippen LogP contribution in [0.15, 0.2) is 40.9 Å². The summed E-state index contributed by atoms with van der Waals surface area (Å²) in [6.07, 6.45) is 0. The van der Waals surface area contributed by atoms with Crippen LogP contribution in [0.1, 0.15) is 20.7 Å². The molecule has 1 amide bonds. The first-order valence-corrected chi connectivity index (χ1v) is 7.55. The van der Waals surface area contributed by atoms with Crippen LogP contribution in [-0.4, -0.2) is 17.0 Å². The molecule has 0 aromatic heterocycles. The number of benzene rings is 2. The number of halogens is 3. The topological polar surface area (TPSA) is 66.4 Å². The third-order valence-corrected chi connectivity index (χ3v) is 4.07. The van der Waals surface area contributed by atoms with Crippen LogP contribution < -0.4 is 5.32 Å². The Morgan fingerprint density at radius 2 is 1.90 bits per heavy atom. The van der Waals surface area contributed by atoms with Crippen molar-refractivity contribution in [1.29, 1.82) is 0 Å². The molecule has 0 unspecified atom stereocenters. The summed E-state index contributed by atoms with van der Waals surface area (Å²) in [5, 5.41) is 11.2. The minimum absolute atomic E-state index is 0.0687. The number of carbonyl (C=O) groups is 2. The first kappa shape index (κ1) is 15.9. The highest BCUT2D eigenvalue weighted by Gasteiger charge is 2.14. The molecule has 21 heavy (non-hydrogen) atoms. The van der Waals surface area contributed by atoms with Crippen LogP contribution in [0.2, 0.25) is 0 Å². The number of rotatable bonds is 3. The van der Waals surface area contributed by atoms with E-state index in [-0.39, 0.29) is 11.3 Å². The lowest BCUT2D eigenvalue weighted by atomic mass is 10.1. The maximum atomic E-state index is 13.8. The number of carboxylic acid groups (broad SMARTS) is 1. The first-order valence-electron chi connectivity index (χ1n) is 5.67.